The molecule has 1 aromatic carbocycles. The second kappa shape index (κ2) is 8.00. The number of alkyl halides is 3. The number of aromatic nitrogens is 2. The standard InChI is InChI=1S/C18H16ClF3N4OS2/c1-7-8(2)28-16-13(7)14(23)25-17(26-16)29-9(3)15(27)24-12-5-4-10(19)6-11(12)18(20,21)22/h4-6,9H,1-3H3,(H,24,27)(H2,23,25,26). The Labute approximate surface area is 177 Å². The third kappa shape index (κ3) is 4.59. The minimum atomic E-state index is -4.65. The first-order valence-corrected chi connectivity index (χ1v) is 10.4. The van der Waals surface area contributed by atoms with Crippen molar-refractivity contribution in [2.24, 2.45) is 0 Å². The quantitative estimate of drug-likeness (QED) is 0.386. The lowest BCUT2D eigenvalue weighted by atomic mass is 10.1. The lowest BCUT2D eigenvalue weighted by Gasteiger charge is -2.16. The molecule has 3 N–H and O–H groups in total. The Hall–Kier alpha value is -2.04. The van der Waals surface area contributed by atoms with Crippen LogP contribution in [0.15, 0.2) is 23.4 Å². The molecule has 0 aliphatic carbocycles. The number of amides is 1. The summed E-state index contributed by atoms with van der Waals surface area (Å²) in [6, 6.07) is 3.18. The topological polar surface area (TPSA) is 80.9 Å². The van der Waals surface area contributed by atoms with Gasteiger partial charge in [-0.25, -0.2) is 9.97 Å². The molecule has 1 unspecified atom stereocenters. The minimum absolute atomic E-state index is 0.0727. The van der Waals surface area contributed by atoms with Gasteiger partial charge in [-0.05, 0) is 44.5 Å². The molecule has 2 aromatic heterocycles. The highest BCUT2D eigenvalue weighted by atomic mass is 35.5. The van der Waals surface area contributed by atoms with Crippen molar-refractivity contribution in [1.29, 1.82) is 0 Å². The van der Waals surface area contributed by atoms with Crippen molar-refractivity contribution in [3.63, 3.8) is 0 Å². The highest BCUT2D eigenvalue weighted by Crippen LogP contribution is 2.37. The summed E-state index contributed by atoms with van der Waals surface area (Å²) < 4.78 is 39.6. The lowest BCUT2D eigenvalue weighted by Crippen LogP contribution is -2.24. The molecular formula is C18H16ClF3N4OS2. The van der Waals surface area contributed by atoms with Gasteiger partial charge in [0.1, 0.15) is 10.6 Å². The third-order valence-corrected chi connectivity index (χ3v) is 6.53. The molecule has 0 aliphatic rings. The molecule has 2 heterocycles. The van der Waals surface area contributed by atoms with Gasteiger partial charge in [-0.2, -0.15) is 13.2 Å². The van der Waals surface area contributed by atoms with Crippen molar-refractivity contribution in [2.75, 3.05) is 11.1 Å². The van der Waals surface area contributed by atoms with Gasteiger partial charge < -0.3 is 11.1 Å². The van der Waals surface area contributed by atoms with E-state index in [1.165, 1.54) is 17.4 Å². The number of benzene rings is 1. The van der Waals surface area contributed by atoms with E-state index in [0.29, 0.717) is 10.6 Å². The SMILES string of the molecule is Cc1sc2nc(SC(C)C(=O)Nc3ccc(Cl)cc3C(F)(F)F)nc(N)c2c1C. The predicted molar refractivity (Wildman–Crippen MR) is 112 cm³/mol. The molecule has 3 rings (SSSR count). The number of thioether (sulfide) groups is 1. The van der Waals surface area contributed by atoms with E-state index in [1.54, 1.807) is 6.92 Å². The van der Waals surface area contributed by atoms with Gasteiger partial charge in [0.15, 0.2) is 5.16 Å². The first kappa shape index (κ1) is 21.7. The summed E-state index contributed by atoms with van der Waals surface area (Å²) in [4.78, 5) is 22.9. The molecule has 0 aliphatic heterocycles. The van der Waals surface area contributed by atoms with E-state index in [0.717, 1.165) is 39.7 Å². The molecular weight excluding hydrogens is 445 g/mol. The molecule has 0 saturated carbocycles. The molecule has 5 nitrogen and oxygen atoms in total. The molecule has 0 fully saturated rings. The molecule has 154 valence electrons. The molecule has 1 atom stereocenters. The van der Waals surface area contributed by atoms with Crippen LogP contribution in [0.4, 0.5) is 24.7 Å². The second-order valence-corrected chi connectivity index (χ2v) is 9.24. The van der Waals surface area contributed by atoms with Crippen LogP contribution in [0.1, 0.15) is 22.9 Å². The number of rotatable bonds is 4. The summed E-state index contributed by atoms with van der Waals surface area (Å²) in [5.74, 6) is -0.312. The normalized spacial score (nSPS) is 12.9. The number of hydrogen-bond acceptors (Lipinski definition) is 6. The van der Waals surface area contributed by atoms with E-state index in [2.05, 4.69) is 15.3 Å². The number of carbonyl (C=O) groups is 1. The number of nitrogens with zero attached hydrogens (tertiary/aromatic N) is 2. The molecule has 0 radical (unpaired) electrons. The van der Waals surface area contributed by atoms with Crippen LogP contribution in [0.2, 0.25) is 5.02 Å². The first-order valence-electron chi connectivity index (χ1n) is 8.35. The monoisotopic (exact) mass is 460 g/mol. The van der Waals surface area contributed by atoms with Gasteiger partial charge in [-0.3, -0.25) is 4.79 Å². The van der Waals surface area contributed by atoms with Gasteiger partial charge in [-0.15, -0.1) is 11.3 Å². The number of aryl methyl sites for hydroxylation is 2. The zero-order chi connectivity index (χ0) is 21.5. The van der Waals surface area contributed by atoms with E-state index in [4.69, 9.17) is 17.3 Å². The minimum Gasteiger partial charge on any atom is -0.383 e. The number of anilines is 2. The Kier molecular flexibility index (Phi) is 5.98. The van der Waals surface area contributed by atoms with E-state index in [-0.39, 0.29) is 15.9 Å². The molecule has 0 spiro atoms. The zero-order valence-electron chi connectivity index (χ0n) is 15.5. The number of halogens is 4. The fourth-order valence-corrected chi connectivity index (χ4v) is 4.66. The Morgan fingerprint density at radius 2 is 2.00 bits per heavy atom. The van der Waals surface area contributed by atoms with Crippen LogP contribution in [0.25, 0.3) is 10.2 Å². The van der Waals surface area contributed by atoms with Gasteiger partial charge >= 0.3 is 6.18 Å². The summed E-state index contributed by atoms with van der Waals surface area (Å²) in [6.45, 7) is 5.44. The maximum absolute atomic E-state index is 13.2. The Balaban J connectivity index is 1.81. The number of nitrogens with one attached hydrogen (secondary N) is 1. The molecule has 3 aromatic rings. The maximum Gasteiger partial charge on any atom is 0.418 e. The molecule has 11 heteroatoms. The van der Waals surface area contributed by atoms with Gasteiger partial charge in [0, 0.05) is 9.90 Å². The molecule has 1 amide bonds. The van der Waals surface area contributed by atoms with E-state index in [9.17, 15) is 18.0 Å². The van der Waals surface area contributed by atoms with Crippen molar-refractivity contribution in [2.45, 2.75) is 37.4 Å². The predicted octanol–water partition coefficient (Wildman–Crippen LogP) is 5.68. The average Bonchev–Trinajstić information content (AvgIpc) is 2.89. The maximum atomic E-state index is 13.2. The molecule has 0 bridgehead atoms. The van der Waals surface area contributed by atoms with E-state index < -0.39 is 22.9 Å². The van der Waals surface area contributed by atoms with Gasteiger partial charge in [0.25, 0.3) is 0 Å². The van der Waals surface area contributed by atoms with E-state index >= 15 is 0 Å². The van der Waals surface area contributed by atoms with Gasteiger partial charge in [0.2, 0.25) is 5.91 Å². The Bertz CT molecular complexity index is 1100. The molecule has 0 saturated heterocycles. The van der Waals surface area contributed by atoms with Crippen molar-refractivity contribution < 1.29 is 18.0 Å². The number of carbonyl (C=O) groups excluding carboxylic acids is 1. The van der Waals surface area contributed by atoms with Crippen LogP contribution in [-0.4, -0.2) is 21.1 Å². The third-order valence-electron chi connectivity index (χ3n) is 4.23. The van der Waals surface area contributed by atoms with Crippen LogP contribution in [0, 0.1) is 13.8 Å². The lowest BCUT2D eigenvalue weighted by molar-refractivity contribution is -0.137. The van der Waals surface area contributed by atoms with Crippen molar-refractivity contribution >= 4 is 62.3 Å². The summed E-state index contributed by atoms with van der Waals surface area (Å²) in [5.41, 5.74) is 5.67. The summed E-state index contributed by atoms with van der Waals surface area (Å²) in [5, 5.41) is 2.54. The van der Waals surface area contributed by atoms with Crippen LogP contribution in [0.5, 0.6) is 0 Å². The van der Waals surface area contributed by atoms with Gasteiger partial charge in [0.05, 0.1) is 21.9 Å². The number of nitrogens with two attached hydrogens (primary N) is 1. The number of nitrogen functional groups attached to an aromatic ring is 1. The van der Waals surface area contributed by atoms with Crippen LogP contribution >= 0.6 is 34.7 Å². The van der Waals surface area contributed by atoms with Crippen molar-refractivity contribution in [1.82, 2.24) is 9.97 Å². The van der Waals surface area contributed by atoms with Crippen molar-refractivity contribution in [3.05, 3.63) is 39.2 Å². The van der Waals surface area contributed by atoms with Crippen LogP contribution in [0.3, 0.4) is 0 Å². The molecule has 29 heavy (non-hydrogen) atoms. The number of thiophene rings is 1. The zero-order valence-corrected chi connectivity index (χ0v) is 17.9. The highest BCUT2D eigenvalue weighted by molar-refractivity contribution is 8.00. The summed E-state index contributed by atoms with van der Waals surface area (Å²) in [7, 11) is 0. The first-order chi connectivity index (χ1) is 13.5. The number of hydrogen-bond donors (Lipinski definition) is 2. The Morgan fingerprint density at radius 3 is 2.66 bits per heavy atom. The average molecular weight is 461 g/mol. The van der Waals surface area contributed by atoms with Gasteiger partial charge in [-0.1, -0.05) is 23.4 Å². The number of fused-ring (bicyclic) bond motifs is 1. The largest absolute Gasteiger partial charge is 0.418 e. The second-order valence-electron chi connectivity index (χ2n) is 6.29. The summed E-state index contributed by atoms with van der Waals surface area (Å²) >= 11 is 8.15. The smallest absolute Gasteiger partial charge is 0.383 e. The fraction of sp³-hybridized carbons (Fsp3) is 0.278. The summed E-state index contributed by atoms with van der Waals surface area (Å²) in [6.07, 6.45) is -4.65. The van der Waals surface area contributed by atoms with Crippen LogP contribution in [-0.2, 0) is 11.0 Å². The van der Waals surface area contributed by atoms with Crippen molar-refractivity contribution in [3.8, 4) is 0 Å². The highest BCUT2D eigenvalue weighted by Gasteiger charge is 2.34. The fourth-order valence-electron chi connectivity index (χ4n) is 2.62. The van der Waals surface area contributed by atoms with Crippen LogP contribution < -0.4 is 11.1 Å². The Morgan fingerprint density at radius 1 is 1.31 bits per heavy atom. The van der Waals surface area contributed by atoms with E-state index in [1.807, 2.05) is 13.8 Å².